The molecule has 2 amide bonds. The lowest BCUT2D eigenvalue weighted by Gasteiger charge is -2.30. The lowest BCUT2D eigenvalue weighted by Crippen LogP contribution is -2.26. The van der Waals surface area contributed by atoms with Crippen molar-refractivity contribution in [1.82, 2.24) is 20.3 Å². The minimum atomic E-state index is -0.391. The molecule has 0 spiro atoms. The first-order valence-electron chi connectivity index (χ1n) is 19.4. The third-order valence-electron chi connectivity index (χ3n) is 10.8. The fraction of sp³-hybridized carbons (Fsp3) is 0.455. The highest BCUT2D eigenvalue weighted by Crippen LogP contribution is 2.39. The fourth-order valence-electron chi connectivity index (χ4n) is 6.53. The van der Waals surface area contributed by atoms with E-state index in [0.717, 1.165) is 43.2 Å². The second-order valence-corrected chi connectivity index (χ2v) is 15.4. The van der Waals surface area contributed by atoms with Gasteiger partial charge in [-0.1, -0.05) is 116 Å². The highest BCUT2D eigenvalue weighted by molar-refractivity contribution is 6.07. The number of carbonyl (C=O) groups is 2. The third kappa shape index (κ3) is 9.18. The van der Waals surface area contributed by atoms with Crippen LogP contribution in [0, 0.1) is 0 Å². The summed E-state index contributed by atoms with van der Waals surface area (Å²) in [5.41, 5.74) is 5.26. The Morgan fingerprint density at radius 3 is 2.30 bits per heavy atom. The van der Waals surface area contributed by atoms with Crippen molar-refractivity contribution in [3.05, 3.63) is 83.4 Å². The lowest BCUT2D eigenvalue weighted by atomic mass is 9.76. The van der Waals surface area contributed by atoms with Crippen LogP contribution in [0.2, 0.25) is 0 Å². The van der Waals surface area contributed by atoms with Crippen LogP contribution in [0.4, 0.5) is 5.69 Å². The lowest BCUT2D eigenvalue weighted by molar-refractivity contribution is -0.116. The summed E-state index contributed by atoms with van der Waals surface area (Å²) in [4.78, 5) is 26.1. The number of phenols is 1. The molecule has 0 fully saturated rings. The molecule has 0 aliphatic carbocycles. The van der Waals surface area contributed by atoms with Crippen molar-refractivity contribution in [2.75, 3.05) is 18.5 Å². The Hall–Kier alpha value is -4.92. The number of hydrogen-bond donors (Lipinski definition) is 3. The zero-order valence-electron chi connectivity index (χ0n) is 32.6. The molecular formula is C44H57N5O4. The average Bonchev–Trinajstić information content (AvgIpc) is 3.57. The normalized spacial score (nSPS) is 12.0. The van der Waals surface area contributed by atoms with Crippen molar-refractivity contribution in [3.63, 3.8) is 0 Å². The van der Waals surface area contributed by atoms with Gasteiger partial charge in [0.15, 0.2) is 0 Å². The van der Waals surface area contributed by atoms with Crippen molar-refractivity contribution < 1.29 is 19.4 Å². The molecule has 282 valence electrons. The van der Waals surface area contributed by atoms with Crippen LogP contribution in [0.5, 0.6) is 11.5 Å². The van der Waals surface area contributed by atoms with Gasteiger partial charge < -0.3 is 20.5 Å². The van der Waals surface area contributed by atoms with E-state index in [1.807, 2.05) is 30.3 Å². The van der Waals surface area contributed by atoms with Crippen LogP contribution < -0.4 is 15.4 Å². The molecule has 0 saturated heterocycles. The van der Waals surface area contributed by atoms with E-state index in [0.29, 0.717) is 53.8 Å². The van der Waals surface area contributed by atoms with Gasteiger partial charge in [-0.15, -0.1) is 5.10 Å². The first-order valence-corrected chi connectivity index (χ1v) is 19.4. The minimum absolute atomic E-state index is 0.0182. The van der Waals surface area contributed by atoms with Gasteiger partial charge in [-0.05, 0) is 72.4 Å². The molecule has 5 aromatic rings. The Bertz CT molecular complexity index is 2050. The number of fused-ring (bicyclic) bond motifs is 2. The third-order valence-corrected chi connectivity index (χ3v) is 10.8. The summed E-state index contributed by atoms with van der Waals surface area (Å²) in [6.45, 7) is 16.4. The molecule has 0 bridgehead atoms. The van der Waals surface area contributed by atoms with Crippen molar-refractivity contribution in [1.29, 1.82) is 0 Å². The molecule has 0 aliphatic heterocycles. The summed E-state index contributed by atoms with van der Waals surface area (Å²) in [5.74, 6) is 0.375. The molecule has 9 heteroatoms. The van der Waals surface area contributed by atoms with Crippen LogP contribution in [0.15, 0.2) is 66.7 Å². The number of phenolic OH excluding ortho intramolecular Hbond substituents is 1. The van der Waals surface area contributed by atoms with Crippen LogP contribution in [-0.4, -0.2) is 45.1 Å². The highest BCUT2D eigenvalue weighted by atomic mass is 16.5. The maximum atomic E-state index is 13.6. The van der Waals surface area contributed by atoms with Gasteiger partial charge in [0.25, 0.3) is 5.91 Å². The van der Waals surface area contributed by atoms with Gasteiger partial charge in [0, 0.05) is 35.0 Å². The molecule has 53 heavy (non-hydrogen) atoms. The number of rotatable bonds is 18. The average molecular weight is 720 g/mol. The summed E-state index contributed by atoms with van der Waals surface area (Å²) >= 11 is 0. The molecule has 1 heterocycles. The molecule has 4 aromatic carbocycles. The Morgan fingerprint density at radius 2 is 1.57 bits per heavy atom. The largest absolute Gasteiger partial charge is 0.506 e. The molecular weight excluding hydrogens is 663 g/mol. The predicted molar refractivity (Wildman–Crippen MR) is 216 cm³/mol. The van der Waals surface area contributed by atoms with Gasteiger partial charge >= 0.3 is 0 Å². The second-order valence-electron chi connectivity index (χ2n) is 15.4. The number of aromatic hydroxyl groups is 1. The van der Waals surface area contributed by atoms with Crippen molar-refractivity contribution in [3.8, 4) is 17.2 Å². The molecule has 1 aromatic heterocycles. The van der Waals surface area contributed by atoms with E-state index in [1.165, 1.54) is 24.0 Å². The van der Waals surface area contributed by atoms with E-state index in [4.69, 9.17) is 4.74 Å². The molecule has 0 unspecified atom stereocenters. The highest BCUT2D eigenvalue weighted by Gasteiger charge is 2.27. The molecule has 3 N–H and O–H groups in total. The first-order chi connectivity index (χ1) is 25.4. The van der Waals surface area contributed by atoms with E-state index < -0.39 is 5.91 Å². The number of carbonyl (C=O) groups excluding carboxylic acids is 2. The smallest absolute Gasteiger partial charge is 0.255 e. The van der Waals surface area contributed by atoms with Gasteiger partial charge in [0.1, 0.15) is 17.0 Å². The van der Waals surface area contributed by atoms with Crippen molar-refractivity contribution in [2.24, 2.45) is 0 Å². The molecule has 0 aliphatic rings. The number of anilines is 1. The zero-order valence-corrected chi connectivity index (χ0v) is 32.6. The molecule has 0 saturated carbocycles. The van der Waals surface area contributed by atoms with Crippen molar-refractivity contribution in [2.45, 2.75) is 117 Å². The number of nitrogens with one attached hydrogen (secondary N) is 2. The van der Waals surface area contributed by atoms with Crippen LogP contribution in [0.25, 0.3) is 27.5 Å². The number of ether oxygens (including phenoxy) is 1. The molecule has 5 rings (SSSR count). The summed E-state index contributed by atoms with van der Waals surface area (Å²) < 4.78 is 7.99. The molecule has 0 radical (unpaired) electrons. The Labute approximate surface area is 314 Å². The van der Waals surface area contributed by atoms with E-state index >= 15 is 0 Å². The number of benzene rings is 4. The maximum absolute atomic E-state index is 13.6. The van der Waals surface area contributed by atoms with Crippen molar-refractivity contribution >= 4 is 39.3 Å². The Morgan fingerprint density at radius 1 is 0.830 bits per heavy atom. The number of unbranched alkanes of at least 4 members (excludes halogenated alkanes) is 4. The predicted octanol–water partition coefficient (Wildman–Crippen LogP) is 10.2. The van der Waals surface area contributed by atoms with Crippen LogP contribution in [0.1, 0.15) is 128 Å². The molecule has 9 nitrogen and oxygen atoms in total. The van der Waals surface area contributed by atoms with E-state index in [9.17, 15) is 14.7 Å². The summed E-state index contributed by atoms with van der Waals surface area (Å²) in [7, 11) is 0. The SMILES string of the molecule is CCCCCCCC(=O)Nc1ccc2c(c1)nnn2-c1cc(C(=O)NCCCOc2ccc(C(C)(C)CC)cc2C(C)(C)CC)c(O)c2ccccc12. The fourth-order valence-corrected chi connectivity index (χ4v) is 6.53. The minimum Gasteiger partial charge on any atom is -0.506 e. The topological polar surface area (TPSA) is 118 Å². The Balaban J connectivity index is 1.29. The van der Waals surface area contributed by atoms with E-state index in [1.54, 1.807) is 22.9 Å². The van der Waals surface area contributed by atoms with Gasteiger partial charge in [-0.2, -0.15) is 0 Å². The van der Waals surface area contributed by atoms with Gasteiger partial charge in [0.05, 0.1) is 23.4 Å². The van der Waals surface area contributed by atoms with Gasteiger partial charge in [-0.3, -0.25) is 9.59 Å². The second kappa shape index (κ2) is 17.3. The summed E-state index contributed by atoms with van der Waals surface area (Å²) in [6, 6.07) is 21.1. The summed E-state index contributed by atoms with van der Waals surface area (Å²) in [5, 5.41) is 27.3. The number of amides is 2. The molecule has 0 atom stereocenters. The van der Waals surface area contributed by atoms with Crippen LogP contribution in [-0.2, 0) is 15.6 Å². The van der Waals surface area contributed by atoms with Crippen LogP contribution in [0.3, 0.4) is 0 Å². The maximum Gasteiger partial charge on any atom is 0.255 e. The Kier molecular flexibility index (Phi) is 12.8. The summed E-state index contributed by atoms with van der Waals surface area (Å²) in [6.07, 6.45) is 8.53. The first kappa shape index (κ1) is 39.3. The number of aromatic nitrogens is 3. The number of nitrogens with zero attached hydrogens (tertiary/aromatic N) is 3. The quantitative estimate of drug-likeness (QED) is 0.0776. The monoisotopic (exact) mass is 719 g/mol. The van der Waals surface area contributed by atoms with E-state index in [-0.39, 0.29) is 28.1 Å². The van der Waals surface area contributed by atoms with Crippen LogP contribution >= 0.6 is 0 Å². The zero-order chi connectivity index (χ0) is 38.2. The van der Waals surface area contributed by atoms with E-state index in [2.05, 4.69) is 87.6 Å². The standard InChI is InChI=1S/C44H57N5O4/c1-8-11-12-13-14-20-40(50)46-31-22-23-37-36(28-31)47-48-49(37)38-29-34(41(51)33-19-16-15-18-32(33)38)42(52)45-25-17-26-53-39-24-21-30(43(4,5)9-2)27-35(39)44(6,7)10-3/h15-16,18-19,21-24,27-29,51H,8-14,17,20,25-26H2,1-7H3,(H,45,52)(H,46,50). The van der Waals surface area contributed by atoms with Gasteiger partial charge in [0.2, 0.25) is 5.91 Å². The van der Waals surface area contributed by atoms with Gasteiger partial charge in [-0.25, -0.2) is 4.68 Å². The number of hydrogen-bond acceptors (Lipinski definition) is 6.